The molecule has 4 aromatic carbocycles. The monoisotopic (exact) mass is 644 g/mol. The maximum atomic E-state index is 15.0. The first kappa shape index (κ1) is 33.5. The van der Waals surface area contributed by atoms with Gasteiger partial charge in [0.05, 0.1) is 5.56 Å². The molecule has 0 N–H and O–H groups in total. The molecule has 0 amide bonds. The van der Waals surface area contributed by atoms with Crippen LogP contribution >= 0.6 is 0 Å². The number of unbranched alkanes of at least 4 members (excludes halogenated alkanes) is 2. The zero-order chi connectivity index (χ0) is 33.1. The van der Waals surface area contributed by atoms with Gasteiger partial charge in [-0.15, -0.1) is 0 Å². The van der Waals surface area contributed by atoms with Crippen LogP contribution in [0.3, 0.4) is 0 Å². The van der Waals surface area contributed by atoms with Crippen molar-refractivity contribution in [1.82, 2.24) is 0 Å². The van der Waals surface area contributed by atoms with Crippen LogP contribution < -0.4 is 4.74 Å². The van der Waals surface area contributed by atoms with Crippen LogP contribution in [-0.2, 0) is 12.5 Å². The first-order valence-electron chi connectivity index (χ1n) is 13.5. The van der Waals surface area contributed by atoms with E-state index in [1.165, 1.54) is 0 Å². The van der Waals surface area contributed by atoms with E-state index in [0.29, 0.717) is 29.8 Å². The van der Waals surface area contributed by atoms with E-state index in [9.17, 15) is 48.3 Å². The number of hydrogen-bond acceptors (Lipinski definition) is 1. The van der Waals surface area contributed by atoms with Gasteiger partial charge in [-0.25, -0.2) is 26.3 Å². The molecule has 0 bridgehead atoms. The van der Waals surface area contributed by atoms with Crippen LogP contribution in [0.15, 0.2) is 66.7 Å². The van der Waals surface area contributed by atoms with Crippen molar-refractivity contribution in [3.05, 3.63) is 118 Å². The highest BCUT2D eigenvalue weighted by molar-refractivity contribution is 5.69. The van der Waals surface area contributed by atoms with Gasteiger partial charge in [-0.05, 0) is 65.4 Å². The van der Waals surface area contributed by atoms with E-state index >= 15 is 0 Å². The van der Waals surface area contributed by atoms with Gasteiger partial charge >= 0.3 is 12.3 Å². The van der Waals surface area contributed by atoms with Crippen LogP contribution in [0.5, 0.6) is 5.75 Å². The zero-order valence-electron chi connectivity index (χ0n) is 23.3. The number of allylic oxidation sites excluding steroid dienone is 1. The van der Waals surface area contributed by atoms with E-state index in [1.54, 1.807) is 24.3 Å². The fourth-order valence-corrected chi connectivity index (χ4v) is 4.61. The highest BCUT2D eigenvalue weighted by atomic mass is 19.4. The molecule has 1 nitrogen and oxygen atoms in total. The van der Waals surface area contributed by atoms with E-state index in [0.717, 1.165) is 31.2 Å². The second kappa shape index (κ2) is 13.3. The van der Waals surface area contributed by atoms with E-state index < -0.39 is 81.3 Å². The molecule has 0 heterocycles. The molecule has 4 rings (SSSR count). The molecule has 0 aliphatic rings. The number of ether oxygens (including phenoxy) is 1. The fourth-order valence-electron chi connectivity index (χ4n) is 4.61. The predicted octanol–water partition coefficient (Wildman–Crippen LogP) is 11.3. The molecule has 0 saturated heterocycles. The smallest absolute Gasteiger partial charge is 0.429 e. The lowest BCUT2D eigenvalue weighted by atomic mass is 9.99. The number of rotatable bonds is 10. The Labute approximate surface area is 250 Å². The molecule has 4 aromatic rings. The van der Waals surface area contributed by atoms with E-state index in [4.69, 9.17) is 0 Å². The van der Waals surface area contributed by atoms with Crippen molar-refractivity contribution in [2.45, 2.75) is 44.9 Å². The molecule has 0 unspecified atom stereocenters. The molecule has 0 atom stereocenters. The van der Waals surface area contributed by atoms with Gasteiger partial charge in [-0.1, -0.05) is 44.0 Å². The maximum absolute atomic E-state index is 15.0. The second-order valence-electron chi connectivity index (χ2n) is 10.1. The number of benzene rings is 4. The van der Waals surface area contributed by atoms with Gasteiger partial charge in [0.25, 0.3) is 0 Å². The zero-order valence-corrected chi connectivity index (χ0v) is 23.3. The largest absolute Gasteiger partial charge is 0.432 e. The van der Waals surface area contributed by atoms with Crippen LogP contribution in [0, 0.1) is 34.9 Å². The lowest BCUT2D eigenvalue weighted by molar-refractivity contribution is -0.189. The summed E-state index contributed by atoms with van der Waals surface area (Å²) in [7, 11) is 0. The lowest BCUT2D eigenvalue weighted by Gasteiger charge is -2.20. The average molecular weight is 645 g/mol. The Morgan fingerprint density at radius 2 is 1.16 bits per heavy atom. The third kappa shape index (κ3) is 8.03. The standard InChI is InChI=1S/C33H23F11O/c1-2-3-4-5-18-6-8-19(9-7-18)20-12-28(38)31(29(39)13-20)33(43,44)45-22-16-26(36)30(27(37)17-22)21-14-24(34)23(25(35)15-21)10-11-32(40,41)42/h6-17H,2-5H2,1H3/b11-10+. The number of alkyl halides is 5. The minimum absolute atomic E-state index is 0.0505. The average Bonchev–Trinajstić information content (AvgIpc) is 2.91. The van der Waals surface area contributed by atoms with Gasteiger partial charge in [0, 0.05) is 23.8 Å². The molecule has 0 fully saturated rings. The van der Waals surface area contributed by atoms with Crippen LogP contribution in [-0.4, -0.2) is 6.18 Å². The molecule has 0 aliphatic heterocycles. The predicted molar refractivity (Wildman–Crippen MR) is 146 cm³/mol. The molecule has 0 spiro atoms. The topological polar surface area (TPSA) is 9.23 Å². The Bertz CT molecular complexity index is 1640. The summed E-state index contributed by atoms with van der Waals surface area (Å²) in [5.41, 5.74) is -3.65. The van der Waals surface area contributed by atoms with Gasteiger partial charge in [0.1, 0.15) is 46.2 Å². The van der Waals surface area contributed by atoms with E-state index in [2.05, 4.69) is 11.7 Å². The highest BCUT2D eigenvalue weighted by Crippen LogP contribution is 2.39. The number of aryl methyl sites for hydroxylation is 1. The van der Waals surface area contributed by atoms with Crippen LogP contribution in [0.4, 0.5) is 48.3 Å². The van der Waals surface area contributed by atoms with Crippen LogP contribution in [0.25, 0.3) is 28.3 Å². The first-order valence-corrected chi connectivity index (χ1v) is 13.5. The summed E-state index contributed by atoms with van der Waals surface area (Å²) in [6.07, 6.45) is -6.24. The van der Waals surface area contributed by atoms with Crippen molar-refractivity contribution in [2.75, 3.05) is 0 Å². The van der Waals surface area contributed by atoms with Crippen molar-refractivity contribution in [3.8, 4) is 28.0 Å². The number of halogens is 11. The van der Waals surface area contributed by atoms with Crippen molar-refractivity contribution in [2.24, 2.45) is 0 Å². The SMILES string of the molecule is CCCCCc1ccc(-c2cc(F)c(C(F)(F)Oc3cc(F)c(-c4cc(F)c(/C=C/C(F)(F)F)c(F)c4)c(F)c3)c(F)c2)cc1. The molecule has 45 heavy (non-hydrogen) atoms. The summed E-state index contributed by atoms with van der Waals surface area (Å²) in [5, 5.41) is 0. The molecule has 12 heteroatoms. The molecular weight excluding hydrogens is 621 g/mol. The quantitative estimate of drug-likeness (QED) is 0.123. The minimum atomic E-state index is -4.90. The van der Waals surface area contributed by atoms with Gasteiger partial charge in [-0.3, -0.25) is 0 Å². The molecule has 0 aliphatic carbocycles. The Kier molecular flexibility index (Phi) is 9.94. The second-order valence-corrected chi connectivity index (χ2v) is 10.1. The van der Waals surface area contributed by atoms with Crippen LogP contribution in [0.2, 0.25) is 0 Å². The van der Waals surface area contributed by atoms with Gasteiger partial charge < -0.3 is 4.74 Å². The first-order chi connectivity index (χ1) is 21.1. The summed E-state index contributed by atoms with van der Waals surface area (Å²) in [6.45, 7) is 2.06. The third-order valence-electron chi connectivity index (χ3n) is 6.76. The Morgan fingerprint density at radius 3 is 1.67 bits per heavy atom. The van der Waals surface area contributed by atoms with Gasteiger partial charge in [0.15, 0.2) is 0 Å². The number of hydrogen-bond donors (Lipinski definition) is 0. The summed E-state index contributed by atoms with van der Waals surface area (Å²) in [4.78, 5) is 0. The highest BCUT2D eigenvalue weighted by Gasteiger charge is 2.41. The molecule has 238 valence electrons. The minimum Gasteiger partial charge on any atom is -0.429 e. The molecular formula is C33H23F11O. The van der Waals surface area contributed by atoms with Gasteiger partial charge in [-0.2, -0.15) is 22.0 Å². The van der Waals surface area contributed by atoms with Crippen molar-refractivity contribution in [3.63, 3.8) is 0 Å². The summed E-state index contributed by atoms with van der Waals surface area (Å²) < 4.78 is 159. The lowest BCUT2D eigenvalue weighted by Crippen LogP contribution is -2.25. The summed E-state index contributed by atoms with van der Waals surface area (Å²) >= 11 is 0. The van der Waals surface area contributed by atoms with Crippen molar-refractivity contribution >= 4 is 6.08 Å². The van der Waals surface area contributed by atoms with Crippen molar-refractivity contribution in [1.29, 1.82) is 0 Å². The Balaban J connectivity index is 1.59. The third-order valence-corrected chi connectivity index (χ3v) is 6.76. The van der Waals surface area contributed by atoms with Crippen molar-refractivity contribution < 1.29 is 53.0 Å². The summed E-state index contributed by atoms with van der Waals surface area (Å²) in [5.74, 6) is -11.2. The van der Waals surface area contributed by atoms with Crippen LogP contribution in [0.1, 0.15) is 42.9 Å². The van der Waals surface area contributed by atoms with E-state index in [-0.39, 0.29) is 23.8 Å². The van der Waals surface area contributed by atoms with Gasteiger partial charge in [0.2, 0.25) is 0 Å². The fraction of sp³-hybridized carbons (Fsp3) is 0.212. The molecule has 0 aromatic heterocycles. The molecule has 0 saturated carbocycles. The normalized spacial score (nSPS) is 12.3. The molecule has 0 radical (unpaired) electrons. The Morgan fingerprint density at radius 1 is 0.622 bits per heavy atom. The maximum Gasteiger partial charge on any atom is 0.432 e. The summed E-state index contributed by atoms with van der Waals surface area (Å²) in [6, 6.07) is 9.03. The Hall–Kier alpha value is -4.35. The van der Waals surface area contributed by atoms with E-state index in [1.807, 2.05) is 0 Å².